The van der Waals surface area contributed by atoms with Gasteiger partial charge in [-0.05, 0) is 25.9 Å². The molecular weight excluding hydrogens is 198 g/mol. The Bertz CT molecular complexity index is 104. The minimum absolute atomic E-state index is 0. The Morgan fingerprint density at radius 1 is 1.30 bits per heavy atom. The van der Waals surface area contributed by atoms with Crippen LogP contribution in [0, 0.1) is 5.41 Å². The first kappa shape index (κ1) is 9.81. The van der Waals surface area contributed by atoms with Gasteiger partial charge in [0.25, 0.3) is 0 Å². The summed E-state index contributed by atoms with van der Waals surface area (Å²) < 4.78 is 0. The SMILES string of the molecule is C1CNCC2(C1)C[N-]C2.[Rb+]. The van der Waals surface area contributed by atoms with E-state index in [1.165, 1.54) is 25.9 Å². The molecule has 1 N–H and O–H groups in total. The Hall–Kier alpha value is 1.73. The van der Waals surface area contributed by atoms with E-state index < -0.39 is 0 Å². The predicted molar refractivity (Wildman–Crippen MR) is 37.6 cm³/mol. The van der Waals surface area contributed by atoms with E-state index in [0.29, 0.717) is 5.41 Å². The standard InChI is InChI=1S/C7H13N2.Rb/c1-2-7(4-8-3-1)5-9-6-7;/h8H,1-6H2;/q-1;+1. The van der Waals surface area contributed by atoms with E-state index in [1.807, 2.05) is 0 Å². The van der Waals surface area contributed by atoms with Crippen molar-refractivity contribution in [1.82, 2.24) is 5.32 Å². The fourth-order valence-corrected chi connectivity index (χ4v) is 1.73. The van der Waals surface area contributed by atoms with Crippen LogP contribution in [-0.4, -0.2) is 26.2 Å². The van der Waals surface area contributed by atoms with E-state index in [2.05, 4.69) is 10.6 Å². The molecule has 0 aromatic rings. The van der Waals surface area contributed by atoms with Crippen LogP contribution in [0.1, 0.15) is 12.8 Å². The van der Waals surface area contributed by atoms with Crippen molar-refractivity contribution in [3.63, 3.8) is 0 Å². The van der Waals surface area contributed by atoms with Crippen LogP contribution in [-0.2, 0) is 0 Å². The summed E-state index contributed by atoms with van der Waals surface area (Å²) in [4.78, 5) is 0. The zero-order valence-corrected chi connectivity index (χ0v) is 11.6. The fraction of sp³-hybridized carbons (Fsp3) is 1.00. The van der Waals surface area contributed by atoms with Crippen molar-refractivity contribution in [1.29, 1.82) is 0 Å². The van der Waals surface area contributed by atoms with Crippen molar-refractivity contribution < 1.29 is 58.2 Å². The Balaban J connectivity index is 0.000000500. The zero-order valence-electron chi connectivity index (χ0n) is 6.69. The fourth-order valence-electron chi connectivity index (χ4n) is 1.73. The minimum atomic E-state index is 0. The Morgan fingerprint density at radius 2 is 2.10 bits per heavy atom. The van der Waals surface area contributed by atoms with Crippen molar-refractivity contribution in [3.05, 3.63) is 5.32 Å². The van der Waals surface area contributed by atoms with Crippen LogP contribution in [0.4, 0.5) is 0 Å². The van der Waals surface area contributed by atoms with E-state index in [-0.39, 0.29) is 58.2 Å². The van der Waals surface area contributed by atoms with E-state index in [0.717, 1.165) is 13.1 Å². The third-order valence-electron chi connectivity index (χ3n) is 2.46. The van der Waals surface area contributed by atoms with Crippen LogP contribution in [0.3, 0.4) is 0 Å². The van der Waals surface area contributed by atoms with Gasteiger partial charge in [0.1, 0.15) is 0 Å². The van der Waals surface area contributed by atoms with Gasteiger partial charge >= 0.3 is 58.2 Å². The van der Waals surface area contributed by atoms with E-state index >= 15 is 0 Å². The maximum Gasteiger partial charge on any atom is 1.00 e. The van der Waals surface area contributed by atoms with Gasteiger partial charge in [0.2, 0.25) is 0 Å². The maximum atomic E-state index is 4.25. The predicted octanol–water partition coefficient (Wildman–Crippen LogP) is -2.25. The summed E-state index contributed by atoms with van der Waals surface area (Å²) in [6.45, 7) is 4.69. The Morgan fingerprint density at radius 3 is 2.40 bits per heavy atom. The van der Waals surface area contributed by atoms with Crippen molar-refractivity contribution in [2.45, 2.75) is 12.8 Å². The van der Waals surface area contributed by atoms with Gasteiger partial charge < -0.3 is 10.6 Å². The number of rotatable bonds is 0. The molecule has 0 atom stereocenters. The monoisotopic (exact) mass is 210 g/mol. The summed E-state index contributed by atoms with van der Waals surface area (Å²) in [5.41, 5.74) is 0.623. The molecule has 0 unspecified atom stereocenters. The minimum Gasteiger partial charge on any atom is -0.661 e. The first-order valence-electron chi connectivity index (χ1n) is 3.75. The second kappa shape index (κ2) is 4.10. The van der Waals surface area contributed by atoms with Gasteiger partial charge in [-0.2, -0.15) is 0 Å². The van der Waals surface area contributed by atoms with Gasteiger partial charge in [-0.3, -0.25) is 0 Å². The van der Waals surface area contributed by atoms with E-state index in [1.54, 1.807) is 0 Å². The summed E-state index contributed by atoms with van der Waals surface area (Å²) in [7, 11) is 0. The third-order valence-corrected chi connectivity index (χ3v) is 2.46. The number of piperidine rings is 1. The summed E-state index contributed by atoms with van der Waals surface area (Å²) in [5, 5.41) is 7.67. The zero-order chi connectivity index (χ0) is 6.16. The molecule has 1 spiro atoms. The molecule has 3 heteroatoms. The van der Waals surface area contributed by atoms with Gasteiger partial charge in [-0.15, -0.1) is 13.1 Å². The molecule has 10 heavy (non-hydrogen) atoms. The average Bonchev–Trinajstić information content (AvgIpc) is 1.87. The molecule has 2 heterocycles. The largest absolute Gasteiger partial charge is 1.00 e. The van der Waals surface area contributed by atoms with Crippen LogP contribution >= 0.6 is 0 Å². The Labute approximate surface area is 111 Å². The van der Waals surface area contributed by atoms with Crippen LogP contribution in [0.5, 0.6) is 0 Å². The van der Waals surface area contributed by atoms with E-state index in [4.69, 9.17) is 0 Å². The molecule has 2 fully saturated rings. The molecule has 2 saturated heterocycles. The van der Waals surface area contributed by atoms with Gasteiger partial charge in [0.15, 0.2) is 0 Å². The second-order valence-corrected chi connectivity index (χ2v) is 3.32. The first-order valence-corrected chi connectivity index (χ1v) is 3.75. The smallest absolute Gasteiger partial charge is 0.661 e. The van der Waals surface area contributed by atoms with Crippen molar-refractivity contribution in [2.75, 3.05) is 26.2 Å². The molecule has 0 saturated carbocycles. The Kier molecular flexibility index (Phi) is 4.02. The molecular formula is C7H13N2Rb. The molecule has 2 rings (SSSR count). The van der Waals surface area contributed by atoms with Crippen molar-refractivity contribution in [2.24, 2.45) is 5.41 Å². The first-order chi connectivity index (χ1) is 4.41. The van der Waals surface area contributed by atoms with Crippen molar-refractivity contribution in [3.8, 4) is 0 Å². The average molecular weight is 211 g/mol. The molecule has 0 aliphatic carbocycles. The molecule has 2 aliphatic rings. The van der Waals surface area contributed by atoms with Crippen LogP contribution < -0.4 is 63.5 Å². The number of hydrogen-bond acceptors (Lipinski definition) is 1. The second-order valence-electron chi connectivity index (χ2n) is 3.32. The topological polar surface area (TPSA) is 26.1 Å². The van der Waals surface area contributed by atoms with Crippen LogP contribution in [0.15, 0.2) is 0 Å². The molecule has 0 amide bonds. The number of hydrogen-bond donors (Lipinski definition) is 1. The van der Waals surface area contributed by atoms with Gasteiger partial charge in [-0.25, -0.2) is 0 Å². The quantitative estimate of drug-likeness (QED) is 0.480. The molecule has 52 valence electrons. The van der Waals surface area contributed by atoms with Gasteiger partial charge in [0, 0.05) is 0 Å². The summed E-state index contributed by atoms with van der Waals surface area (Å²) in [6.07, 6.45) is 2.76. The van der Waals surface area contributed by atoms with E-state index in [9.17, 15) is 0 Å². The summed E-state index contributed by atoms with van der Waals surface area (Å²) >= 11 is 0. The van der Waals surface area contributed by atoms with Crippen LogP contribution in [0.25, 0.3) is 5.32 Å². The maximum absolute atomic E-state index is 4.25. The summed E-state index contributed by atoms with van der Waals surface area (Å²) in [5.74, 6) is 0. The molecule has 0 radical (unpaired) electrons. The third kappa shape index (κ3) is 1.90. The number of nitrogens with zero attached hydrogens (tertiary/aromatic N) is 1. The molecule has 0 bridgehead atoms. The summed E-state index contributed by atoms with van der Waals surface area (Å²) in [6, 6.07) is 0. The molecule has 0 aromatic carbocycles. The molecule has 2 nitrogen and oxygen atoms in total. The number of nitrogens with one attached hydrogen (secondary N) is 1. The normalized spacial score (nSPS) is 28.8. The van der Waals surface area contributed by atoms with Gasteiger partial charge in [0.05, 0.1) is 0 Å². The molecule has 2 aliphatic heterocycles. The van der Waals surface area contributed by atoms with Gasteiger partial charge in [-0.1, -0.05) is 5.41 Å². The molecule has 0 aromatic heterocycles. The van der Waals surface area contributed by atoms with Crippen LogP contribution in [0.2, 0.25) is 0 Å². The van der Waals surface area contributed by atoms with Crippen molar-refractivity contribution >= 4 is 0 Å².